The first-order valence-electron chi connectivity index (χ1n) is 5.44. The lowest BCUT2D eigenvalue weighted by Gasteiger charge is -2.17. The zero-order valence-corrected chi connectivity index (χ0v) is 11.4. The van der Waals surface area contributed by atoms with Gasteiger partial charge in [-0.2, -0.15) is 0 Å². The maximum Gasteiger partial charge on any atom is 0.141 e. The third kappa shape index (κ3) is 2.75. The highest BCUT2D eigenvalue weighted by Crippen LogP contribution is 2.25. The van der Waals surface area contributed by atoms with Crippen molar-refractivity contribution in [2.45, 2.75) is 13.0 Å². The Morgan fingerprint density at radius 3 is 2.67 bits per heavy atom. The number of hydrogen-bond acceptors (Lipinski definition) is 3. The highest BCUT2D eigenvalue weighted by Gasteiger charge is 2.14. The van der Waals surface area contributed by atoms with Crippen LogP contribution in [0.25, 0.3) is 0 Å². The van der Waals surface area contributed by atoms with Crippen molar-refractivity contribution >= 4 is 15.9 Å². The fraction of sp³-hybridized carbons (Fsp3) is 0.154. The van der Waals surface area contributed by atoms with Crippen LogP contribution in [0.4, 0.5) is 4.39 Å². The van der Waals surface area contributed by atoms with E-state index in [1.165, 1.54) is 12.3 Å². The first-order chi connectivity index (χ1) is 8.61. The highest BCUT2D eigenvalue weighted by molar-refractivity contribution is 9.10. The van der Waals surface area contributed by atoms with Crippen molar-refractivity contribution in [2.24, 2.45) is 5.84 Å². The fourth-order valence-corrected chi connectivity index (χ4v) is 2.16. The molecule has 2 rings (SSSR count). The lowest BCUT2D eigenvalue weighted by molar-refractivity contribution is 0.597. The molecule has 0 amide bonds. The van der Waals surface area contributed by atoms with Gasteiger partial charge >= 0.3 is 0 Å². The van der Waals surface area contributed by atoms with Gasteiger partial charge < -0.3 is 0 Å². The van der Waals surface area contributed by atoms with Crippen LogP contribution >= 0.6 is 15.9 Å². The molecular weight excluding hydrogens is 297 g/mol. The predicted octanol–water partition coefficient (Wildman–Crippen LogP) is 2.84. The van der Waals surface area contributed by atoms with Gasteiger partial charge in [0.25, 0.3) is 0 Å². The fourth-order valence-electron chi connectivity index (χ4n) is 1.76. The van der Waals surface area contributed by atoms with Gasteiger partial charge in [0, 0.05) is 10.7 Å². The van der Waals surface area contributed by atoms with E-state index in [0.29, 0.717) is 5.56 Å². The molecule has 0 aliphatic rings. The zero-order valence-electron chi connectivity index (χ0n) is 9.82. The summed E-state index contributed by atoms with van der Waals surface area (Å²) < 4.78 is 14.2. The molecule has 5 heteroatoms. The number of nitrogens with two attached hydrogens (primary N) is 1. The van der Waals surface area contributed by atoms with E-state index in [4.69, 9.17) is 5.84 Å². The molecule has 3 N–H and O–H groups in total. The summed E-state index contributed by atoms with van der Waals surface area (Å²) in [6.45, 7) is 2.00. The van der Waals surface area contributed by atoms with Gasteiger partial charge in [0.05, 0.1) is 12.2 Å². The summed E-state index contributed by atoms with van der Waals surface area (Å²) in [6.07, 6.45) is 2.77. The zero-order chi connectivity index (χ0) is 13.1. The molecule has 0 radical (unpaired) electrons. The second-order valence-electron chi connectivity index (χ2n) is 4.04. The number of halogens is 2. The van der Waals surface area contributed by atoms with Gasteiger partial charge in [0.1, 0.15) is 5.82 Å². The largest absolute Gasteiger partial charge is 0.271 e. The van der Waals surface area contributed by atoms with E-state index in [2.05, 4.69) is 26.3 Å². The summed E-state index contributed by atoms with van der Waals surface area (Å²) in [6, 6.07) is 7.03. The molecule has 18 heavy (non-hydrogen) atoms. The van der Waals surface area contributed by atoms with Gasteiger partial charge in [-0.05, 0) is 35.7 Å². The lowest BCUT2D eigenvalue weighted by Crippen LogP contribution is -2.29. The Kier molecular flexibility index (Phi) is 4.06. The van der Waals surface area contributed by atoms with Crippen molar-refractivity contribution < 1.29 is 4.39 Å². The molecule has 1 atom stereocenters. The number of pyridine rings is 1. The van der Waals surface area contributed by atoms with E-state index >= 15 is 0 Å². The van der Waals surface area contributed by atoms with E-state index in [9.17, 15) is 4.39 Å². The van der Waals surface area contributed by atoms with Crippen molar-refractivity contribution in [2.75, 3.05) is 0 Å². The summed E-state index contributed by atoms with van der Waals surface area (Å²) >= 11 is 3.47. The van der Waals surface area contributed by atoms with Crippen molar-refractivity contribution in [3.05, 3.63) is 63.6 Å². The summed E-state index contributed by atoms with van der Waals surface area (Å²) in [5.74, 6) is 5.18. The molecule has 0 saturated carbocycles. The van der Waals surface area contributed by atoms with Crippen LogP contribution in [0, 0.1) is 12.7 Å². The number of rotatable bonds is 3. The average Bonchev–Trinajstić information content (AvgIpc) is 2.35. The van der Waals surface area contributed by atoms with Gasteiger partial charge in [-0.1, -0.05) is 28.1 Å². The van der Waals surface area contributed by atoms with Gasteiger partial charge in [-0.15, -0.1) is 0 Å². The van der Waals surface area contributed by atoms with Gasteiger partial charge in [0.2, 0.25) is 0 Å². The van der Waals surface area contributed by atoms with E-state index < -0.39 is 0 Å². The first-order valence-corrected chi connectivity index (χ1v) is 6.23. The molecule has 1 aromatic heterocycles. The number of hydrogen-bond donors (Lipinski definition) is 2. The molecule has 3 nitrogen and oxygen atoms in total. The molecule has 1 aromatic carbocycles. The standard InChI is InChI=1S/C13H13BrFN3/c1-8-2-3-9(5-12(8)14)13(18-16)10-4-11(15)7-17-6-10/h2-7,13,18H,16H2,1H3. The first kappa shape index (κ1) is 13.1. The van der Waals surface area contributed by atoms with Gasteiger partial charge in [-0.25, -0.2) is 9.82 Å². The van der Waals surface area contributed by atoms with Crippen molar-refractivity contribution in [3.63, 3.8) is 0 Å². The monoisotopic (exact) mass is 309 g/mol. The summed E-state index contributed by atoms with van der Waals surface area (Å²) in [5, 5.41) is 0. The van der Waals surface area contributed by atoms with Gasteiger partial charge in [-0.3, -0.25) is 10.8 Å². The van der Waals surface area contributed by atoms with E-state index in [-0.39, 0.29) is 11.9 Å². The number of aromatic nitrogens is 1. The minimum Gasteiger partial charge on any atom is -0.271 e. The molecule has 0 aliphatic carbocycles. The number of nitrogens with one attached hydrogen (secondary N) is 1. The Hall–Kier alpha value is -1.30. The molecule has 0 spiro atoms. The molecule has 0 saturated heterocycles. The van der Waals surface area contributed by atoms with Gasteiger partial charge in [0.15, 0.2) is 0 Å². The molecule has 1 heterocycles. The predicted molar refractivity (Wildman–Crippen MR) is 72.2 cm³/mol. The third-order valence-electron chi connectivity index (χ3n) is 2.76. The van der Waals surface area contributed by atoms with E-state index in [0.717, 1.165) is 15.6 Å². The Bertz CT molecular complexity index is 560. The molecule has 2 aromatic rings. The molecule has 1 unspecified atom stereocenters. The quantitative estimate of drug-likeness (QED) is 0.677. The molecule has 0 bridgehead atoms. The van der Waals surface area contributed by atoms with E-state index in [1.54, 1.807) is 6.20 Å². The smallest absolute Gasteiger partial charge is 0.141 e. The van der Waals surface area contributed by atoms with Crippen molar-refractivity contribution in [1.82, 2.24) is 10.4 Å². The van der Waals surface area contributed by atoms with Crippen LogP contribution in [0.2, 0.25) is 0 Å². The normalized spacial score (nSPS) is 12.4. The lowest BCUT2D eigenvalue weighted by atomic mass is 10.00. The third-order valence-corrected chi connectivity index (χ3v) is 3.61. The molecule has 94 valence electrons. The number of hydrazine groups is 1. The minimum atomic E-state index is -0.376. The van der Waals surface area contributed by atoms with Crippen molar-refractivity contribution in [1.29, 1.82) is 0 Å². The SMILES string of the molecule is Cc1ccc(C(NN)c2cncc(F)c2)cc1Br. The van der Waals surface area contributed by atoms with Crippen molar-refractivity contribution in [3.8, 4) is 0 Å². The molecule has 0 fully saturated rings. The maximum absolute atomic E-state index is 13.2. The summed E-state index contributed by atoms with van der Waals surface area (Å²) in [7, 11) is 0. The van der Waals surface area contributed by atoms with Crippen LogP contribution in [0.1, 0.15) is 22.7 Å². The van der Waals surface area contributed by atoms with Crippen LogP contribution in [-0.2, 0) is 0 Å². The number of aryl methyl sites for hydroxylation is 1. The Morgan fingerprint density at radius 1 is 1.28 bits per heavy atom. The Balaban J connectivity index is 2.42. The second kappa shape index (κ2) is 5.56. The Labute approximate surface area is 113 Å². The number of nitrogens with zero attached hydrogens (tertiary/aromatic N) is 1. The van der Waals surface area contributed by atoms with Crippen LogP contribution < -0.4 is 11.3 Å². The average molecular weight is 310 g/mol. The topological polar surface area (TPSA) is 50.9 Å². The van der Waals surface area contributed by atoms with Crippen LogP contribution in [0.5, 0.6) is 0 Å². The summed E-state index contributed by atoms with van der Waals surface area (Å²) in [5.41, 5.74) is 5.45. The molecule has 0 aliphatic heterocycles. The summed E-state index contributed by atoms with van der Waals surface area (Å²) in [4.78, 5) is 3.84. The Morgan fingerprint density at radius 2 is 2.06 bits per heavy atom. The molecular formula is C13H13BrFN3. The second-order valence-corrected chi connectivity index (χ2v) is 4.90. The van der Waals surface area contributed by atoms with E-state index in [1.807, 2.05) is 25.1 Å². The minimum absolute atomic E-state index is 0.287. The number of benzene rings is 1. The maximum atomic E-state index is 13.2. The highest BCUT2D eigenvalue weighted by atomic mass is 79.9. The van der Waals surface area contributed by atoms with Crippen LogP contribution in [0.15, 0.2) is 41.1 Å². The van der Waals surface area contributed by atoms with Crippen LogP contribution in [0.3, 0.4) is 0 Å². The van der Waals surface area contributed by atoms with Crippen LogP contribution in [-0.4, -0.2) is 4.98 Å².